The Hall–Kier alpha value is -1.81. The van der Waals surface area contributed by atoms with E-state index in [4.69, 9.17) is 0 Å². The summed E-state index contributed by atoms with van der Waals surface area (Å²) in [5.41, 5.74) is 1.11. The fraction of sp³-hybridized carbons (Fsp3) is 0.571. The Kier molecular flexibility index (Phi) is 6.14. The highest BCUT2D eigenvalue weighted by atomic mass is 16.1. The highest BCUT2D eigenvalue weighted by molar-refractivity contribution is 5.84. The first-order valence-electron chi connectivity index (χ1n) is 9.83. The number of aromatic nitrogens is 1. The molecule has 0 amide bonds. The number of fused-ring (bicyclic) bond motifs is 1. The predicted molar refractivity (Wildman–Crippen MR) is 106 cm³/mol. The average molecular weight is 341 g/mol. The molecule has 2 aromatic rings. The number of hydrogen-bond donors (Lipinski definition) is 2. The number of benzene rings is 1. The molecule has 1 aromatic heterocycles. The molecule has 0 saturated heterocycles. The van der Waals surface area contributed by atoms with Gasteiger partial charge in [0.25, 0.3) is 5.56 Å². The fourth-order valence-corrected chi connectivity index (χ4v) is 4.15. The number of rotatable bonds is 7. The molecular formula is C21H31N3O. The molecule has 0 bridgehead atoms. The minimum absolute atomic E-state index is 0.0171. The van der Waals surface area contributed by atoms with Gasteiger partial charge in [-0.25, -0.2) is 0 Å². The van der Waals surface area contributed by atoms with Crippen LogP contribution in [0.5, 0.6) is 0 Å². The van der Waals surface area contributed by atoms with Crippen LogP contribution in [0.3, 0.4) is 0 Å². The normalized spacial score (nSPS) is 20.9. The standard InChI is InChI=1S/C21H31N3O/c1-3-13-24(14-4-2)19-8-5-17(6-9-19)23-18-7-10-20-16(15-18)11-12-22-21(20)25/h7,10-12,15,17,19,23H,3-6,8-9,13-14H2,1-2H3,(H,22,25)/t17-,19+. The Bertz CT molecular complexity index is 725. The summed E-state index contributed by atoms with van der Waals surface area (Å²) in [6.45, 7) is 7.02. The molecule has 2 N–H and O–H groups in total. The van der Waals surface area contributed by atoms with Gasteiger partial charge in [-0.2, -0.15) is 0 Å². The van der Waals surface area contributed by atoms with Crippen LogP contribution in [-0.2, 0) is 0 Å². The highest BCUT2D eigenvalue weighted by Crippen LogP contribution is 2.27. The van der Waals surface area contributed by atoms with Gasteiger partial charge < -0.3 is 15.2 Å². The zero-order valence-corrected chi connectivity index (χ0v) is 15.6. The summed E-state index contributed by atoms with van der Waals surface area (Å²) in [7, 11) is 0. The number of nitrogens with one attached hydrogen (secondary N) is 2. The molecular weight excluding hydrogens is 310 g/mol. The molecule has 1 aliphatic carbocycles. The second-order valence-corrected chi connectivity index (χ2v) is 7.29. The van der Waals surface area contributed by atoms with Gasteiger partial charge in [0.05, 0.1) is 0 Å². The van der Waals surface area contributed by atoms with Crippen molar-refractivity contribution in [3.63, 3.8) is 0 Å². The average Bonchev–Trinajstić information content (AvgIpc) is 2.62. The number of hydrogen-bond acceptors (Lipinski definition) is 3. The van der Waals surface area contributed by atoms with Crippen molar-refractivity contribution in [3.05, 3.63) is 40.8 Å². The number of anilines is 1. The van der Waals surface area contributed by atoms with Gasteiger partial charge in [-0.3, -0.25) is 4.79 Å². The van der Waals surface area contributed by atoms with Gasteiger partial charge in [0.1, 0.15) is 0 Å². The van der Waals surface area contributed by atoms with E-state index in [1.54, 1.807) is 6.20 Å². The van der Waals surface area contributed by atoms with E-state index in [1.807, 2.05) is 18.2 Å². The maximum Gasteiger partial charge on any atom is 0.255 e. The molecule has 4 heteroatoms. The molecule has 0 unspecified atom stereocenters. The maximum atomic E-state index is 11.8. The third-order valence-electron chi connectivity index (χ3n) is 5.38. The maximum absolute atomic E-state index is 11.8. The molecule has 0 radical (unpaired) electrons. The van der Waals surface area contributed by atoms with Crippen LogP contribution in [0.1, 0.15) is 52.4 Å². The van der Waals surface area contributed by atoms with Gasteiger partial charge in [0.2, 0.25) is 0 Å². The molecule has 136 valence electrons. The van der Waals surface area contributed by atoms with Crippen molar-refractivity contribution in [2.24, 2.45) is 0 Å². The number of aromatic amines is 1. The van der Waals surface area contributed by atoms with E-state index >= 15 is 0 Å². The van der Waals surface area contributed by atoms with Crippen LogP contribution < -0.4 is 10.9 Å². The Balaban J connectivity index is 1.59. The predicted octanol–water partition coefficient (Wildman–Crippen LogP) is 4.37. The Morgan fingerprint density at radius 2 is 1.80 bits per heavy atom. The van der Waals surface area contributed by atoms with Crippen molar-refractivity contribution in [3.8, 4) is 0 Å². The third-order valence-corrected chi connectivity index (χ3v) is 5.38. The quantitative estimate of drug-likeness (QED) is 0.786. The number of H-pyrrole nitrogens is 1. The monoisotopic (exact) mass is 341 g/mol. The van der Waals surface area contributed by atoms with Crippen molar-refractivity contribution in [1.82, 2.24) is 9.88 Å². The van der Waals surface area contributed by atoms with Crippen LogP contribution >= 0.6 is 0 Å². The molecule has 1 saturated carbocycles. The zero-order chi connectivity index (χ0) is 17.6. The zero-order valence-electron chi connectivity index (χ0n) is 15.6. The molecule has 25 heavy (non-hydrogen) atoms. The lowest BCUT2D eigenvalue weighted by atomic mass is 9.89. The first-order valence-corrected chi connectivity index (χ1v) is 9.83. The highest BCUT2D eigenvalue weighted by Gasteiger charge is 2.25. The molecule has 3 rings (SSSR count). The third kappa shape index (κ3) is 4.43. The smallest absolute Gasteiger partial charge is 0.255 e. The van der Waals surface area contributed by atoms with Gasteiger partial charge in [-0.15, -0.1) is 0 Å². The molecule has 0 aliphatic heterocycles. The van der Waals surface area contributed by atoms with Gasteiger partial charge in [-0.1, -0.05) is 13.8 Å². The molecule has 1 aromatic carbocycles. The van der Waals surface area contributed by atoms with E-state index in [-0.39, 0.29) is 5.56 Å². The van der Waals surface area contributed by atoms with E-state index in [0.717, 1.165) is 22.5 Å². The summed E-state index contributed by atoms with van der Waals surface area (Å²) >= 11 is 0. The summed E-state index contributed by atoms with van der Waals surface area (Å²) in [6, 6.07) is 9.31. The summed E-state index contributed by atoms with van der Waals surface area (Å²) in [5, 5.41) is 5.44. The van der Waals surface area contributed by atoms with Crippen molar-refractivity contribution < 1.29 is 0 Å². The van der Waals surface area contributed by atoms with E-state index in [0.29, 0.717) is 6.04 Å². The van der Waals surface area contributed by atoms with E-state index in [9.17, 15) is 4.79 Å². The first-order chi connectivity index (χ1) is 12.2. The summed E-state index contributed by atoms with van der Waals surface area (Å²) in [4.78, 5) is 17.2. The van der Waals surface area contributed by atoms with Crippen LogP contribution in [0.4, 0.5) is 5.69 Å². The van der Waals surface area contributed by atoms with Crippen LogP contribution in [0.2, 0.25) is 0 Å². The number of nitrogens with zero attached hydrogens (tertiary/aromatic N) is 1. The molecule has 1 heterocycles. The second-order valence-electron chi connectivity index (χ2n) is 7.29. The lowest BCUT2D eigenvalue weighted by molar-refractivity contribution is 0.152. The van der Waals surface area contributed by atoms with E-state index in [1.165, 1.54) is 51.6 Å². The second kappa shape index (κ2) is 8.52. The summed E-state index contributed by atoms with van der Waals surface area (Å²) in [6.07, 6.45) is 9.22. The lowest BCUT2D eigenvalue weighted by Gasteiger charge is -2.37. The molecule has 1 fully saturated rings. The minimum Gasteiger partial charge on any atom is -0.382 e. The molecule has 4 nitrogen and oxygen atoms in total. The largest absolute Gasteiger partial charge is 0.382 e. The van der Waals surface area contributed by atoms with Crippen LogP contribution in [-0.4, -0.2) is 35.1 Å². The van der Waals surface area contributed by atoms with Crippen LogP contribution in [0.25, 0.3) is 10.8 Å². The van der Waals surface area contributed by atoms with Crippen molar-refractivity contribution in [2.75, 3.05) is 18.4 Å². The van der Waals surface area contributed by atoms with Crippen molar-refractivity contribution in [1.29, 1.82) is 0 Å². The van der Waals surface area contributed by atoms with E-state index in [2.05, 4.69) is 35.1 Å². The van der Waals surface area contributed by atoms with Crippen LogP contribution in [0, 0.1) is 0 Å². The fourth-order valence-electron chi connectivity index (χ4n) is 4.15. The molecule has 1 aliphatic rings. The van der Waals surface area contributed by atoms with Gasteiger partial charge in [0.15, 0.2) is 0 Å². The Labute approximate surface area is 150 Å². The van der Waals surface area contributed by atoms with E-state index < -0.39 is 0 Å². The summed E-state index contributed by atoms with van der Waals surface area (Å²) in [5.74, 6) is 0. The van der Waals surface area contributed by atoms with Crippen molar-refractivity contribution >= 4 is 16.5 Å². The molecule has 0 atom stereocenters. The summed E-state index contributed by atoms with van der Waals surface area (Å²) < 4.78 is 0. The SMILES string of the molecule is CCCN(CCC)[C@H]1CC[C@@H](Nc2ccc3c(=O)[nH]ccc3c2)CC1. The minimum atomic E-state index is -0.0171. The van der Waals surface area contributed by atoms with Crippen molar-refractivity contribution in [2.45, 2.75) is 64.5 Å². The first kappa shape index (κ1) is 18.0. The lowest BCUT2D eigenvalue weighted by Crippen LogP contribution is -2.41. The Morgan fingerprint density at radius 3 is 2.48 bits per heavy atom. The number of pyridine rings is 1. The van der Waals surface area contributed by atoms with Gasteiger partial charge >= 0.3 is 0 Å². The van der Waals surface area contributed by atoms with Gasteiger partial charge in [0, 0.05) is 29.4 Å². The van der Waals surface area contributed by atoms with Crippen LogP contribution in [0.15, 0.2) is 35.3 Å². The Morgan fingerprint density at radius 1 is 1.08 bits per heavy atom. The topological polar surface area (TPSA) is 48.1 Å². The van der Waals surface area contributed by atoms with Gasteiger partial charge in [-0.05, 0) is 81.3 Å². The molecule has 0 spiro atoms.